The van der Waals surface area contributed by atoms with Crippen molar-refractivity contribution in [2.45, 2.75) is 38.6 Å². The summed E-state index contributed by atoms with van der Waals surface area (Å²) in [7, 11) is 1.67. The zero-order chi connectivity index (χ0) is 17.1. The van der Waals surface area contributed by atoms with Crippen LogP contribution in [0, 0.1) is 6.92 Å². The first-order chi connectivity index (χ1) is 11.5. The molecule has 0 radical (unpaired) electrons. The number of hydrogen-bond acceptors (Lipinski definition) is 3. The second-order valence-corrected chi connectivity index (χ2v) is 6.51. The van der Waals surface area contributed by atoms with Gasteiger partial charge >= 0.3 is 0 Å². The molecule has 0 aliphatic carbocycles. The third-order valence-corrected chi connectivity index (χ3v) is 4.70. The van der Waals surface area contributed by atoms with Crippen LogP contribution in [0.15, 0.2) is 41.5 Å². The van der Waals surface area contributed by atoms with E-state index in [2.05, 4.69) is 11.1 Å². The fraction of sp³-hybridized carbons (Fsp3) is 0.421. The fourth-order valence-corrected chi connectivity index (χ4v) is 3.38. The maximum absolute atomic E-state index is 12.8. The Morgan fingerprint density at radius 3 is 2.92 bits per heavy atom. The molecular formula is C19H23N3O2. The molecule has 0 saturated carbocycles. The van der Waals surface area contributed by atoms with Crippen LogP contribution in [-0.4, -0.2) is 32.9 Å². The average Bonchev–Trinajstić information content (AvgIpc) is 3.03. The van der Waals surface area contributed by atoms with Gasteiger partial charge in [0.2, 0.25) is 5.56 Å². The van der Waals surface area contributed by atoms with E-state index in [1.54, 1.807) is 19.3 Å². The van der Waals surface area contributed by atoms with E-state index in [4.69, 9.17) is 0 Å². The van der Waals surface area contributed by atoms with Gasteiger partial charge in [-0.15, -0.1) is 0 Å². The van der Waals surface area contributed by atoms with Gasteiger partial charge in [0.25, 0.3) is 5.91 Å². The Labute approximate surface area is 141 Å². The van der Waals surface area contributed by atoms with Gasteiger partial charge in [-0.2, -0.15) is 0 Å². The van der Waals surface area contributed by atoms with Gasteiger partial charge in [0.15, 0.2) is 0 Å². The van der Waals surface area contributed by atoms with Crippen LogP contribution in [0.25, 0.3) is 0 Å². The molecule has 1 saturated heterocycles. The summed E-state index contributed by atoms with van der Waals surface area (Å²) >= 11 is 0. The third kappa shape index (κ3) is 3.55. The maximum atomic E-state index is 12.8. The van der Waals surface area contributed by atoms with Gasteiger partial charge in [0, 0.05) is 43.8 Å². The first kappa shape index (κ1) is 16.4. The summed E-state index contributed by atoms with van der Waals surface area (Å²) in [6, 6.07) is 7.50. The molecule has 1 atom stereocenters. The monoisotopic (exact) mass is 325 g/mol. The first-order valence-electron chi connectivity index (χ1n) is 8.44. The summed E-state index contributed by atoms with van der Waals surface area (Å²) in [5.41, 5.74) is 2.78. The Bertz CT molecular complexity index is 797. The Kier molecular flexibility index (Phi) is 4.79. The number of pyridine rings is 2. The molecule has 1 aliphatic heterocycles. The lowest BCUT2D eigenvalue weighted by atomic mass is 10.0. The number of aromatic nitrogens is 2. The molecule has 0 spiro atoms. The molecule has 2 aromatic heterocycles. The van der Waals surface area contributed by atoms with E-state index >= 15 is 0 Å². The second kappa shape index (κ2) is 6.99. The van der Waals surface area contributed by atoms with E-state index in [1.807, 2.05) is 24.1 Å². The number of aryl methyl sites for hydroxylation is 3. The van der Waals surface area contributed by atoms with Gasteiger partial charge in [0.1, 0.15) is 0 Å². The molecule has 1 fully saturated rings. The van der Waals surface area contributed by atoms with Crippen molar-refractivity contribution in [3.63, 3.8) is 0 Å². The SMILES string of the molecule is Cc1cc(CC[C@@H]2CCCN2C(=O)c2ccc(=O)n(C)c2)ccn1. The van der Waals surface area contributed by atoms with Crippen molar-refractivity contribution >= 4 is 5.91 Å². The van der Waals surface area contributed by atoms with Gasteiger partial charge in [-0.1, -0.05) is 0 Å². The molecule has 2 aromatic rings. The van der Waals surface area contributed by atoms with Gasteiger partial charge in [0.05, 0.1) is 5.56 Å². The largest absolute Gasteiger partial charge is 0.336 e. The highest BCUT2D eigenvalue weighted by atomic mass is 16.2. The number of rotatable bonds is 4. The first-order valence-corrected chi connectivity index (χ1v) is 8.44. The van der Waals surface area contributed by atoms with E-state index in [-0.39, 0.29) is 17.5 Å². The van der Waals surface area contributed by atoms with E-state index in [9.17, 15) is 9.59 Å². The molecule has 24 heavy (non-hydrogen) atoms. The van der Waals surface area contributed by atoms with Gasteiger partial charge in [-0.05, 0) is 56.4 Å². The number of carbonyl (C=O) groups is 1. The number of nitrogens with zero attached hydrogens (tertiary/aromatic N) is 3. The minimum absolute atomic E-state index is 0.0269. The number of amides is 1. The summed E-state index contributed by atoms with van der Waals surface area (Å²) in [5, 5.41) is 0. The summed E-state index contributed by atoms with van der Waals surface area (Å²) in [5.74, 6) is 0.0269. The molecule has 0 aromatic carbocycles. The predicted molar refractivity (Wildman–Crippen MR) is 93.0 cm³/mol. The Balaban J connectivity index is 1.69. The van der Waals surface area contributed by atoms with Crippen molar-refractivity contribution in [3.8, 4) is 0 Å². The van der Waals surface area contributed by atoms with Crippen LogP contribution in [0.5, 0.6) is 0 Å². The quantitative estimate of drug-likeness (QED) is 0.867. The molecule has 1 aliphatic rings. The molecule has 0 unspecified atom stereocenters. The van der Waals surface area contributed by atoms with Crippen LogP contribution in [-0.2, 0) is 13.5 Å². The maximum Gasteiger partial charge on any atom is 0.255 e. The van der Waals surface area contributed by atoms with Crippen LogP contribution in [0.3, 0.4) is 0 Å². The van der Waals surface area contributed by atoms with Crippen molar-refractivity contribution in [1.29, 1.82) is 0 Å². The van der Waals surface area contributed by atoms with Crippen molar-refractivity contribution in [1.82, 2.24) is 14.5 Å². The summed E-state index contributed by atoms with van der Waals surface area (Å²) in [6.07, 6.45) is 7.46. The van der Waals surface area contributed by atoms with Crippen LogP contribution < -0.4 is 5.56 Å². The normalized spacial score (nSPS) is 17.2. The highest BCUT2D eigenvalue weighted by molar-refractivity contribution is 5.94. The molecule has 0 N–H and O–H groups in total. The molecule has 3 rings (SSSR count). The zero-order valence-corrected chi connectivity index (χ0v) is 14.2. The molecule has 5 heteroatoms. The molecule has 5 nitrogen and oxygen atoms in total. The lowest BCUT2D eigenvalue weighted by Gasteiger charge is -2.25. The molecule has 126 valence electrons. The smallest absolute Gasteiger partial charge is 0.255 e. The Morgan fingerprint density at radius 1 is 1.33 bits per heavy atom. The lowest BCUT2D eigenvalue weighted by molar-refractivity contribution is 0.0729. The highest BCUT2D eigenvalue weighted by Crippen LogP contribution is 2.24. The van der Waals surface area contributed by atoms with E-state index in [1.165, 1.54) is 16.2 Å². The Hall–Kier alpha value is -2.43. The lowest BCUT2D eigenvalue weighted by Crippen LogP contribution is -2.36. The van der Waals surface area contributed by atoms with Crippen molar-refractivity contribution < 1.29 is 4.79 Å². The van der Waals surface area contributed by atoms with E-state index < -0.39 is 0 Å². The third-order valence-electron chi connectivity index (χ3n) is 4.70. The van der Waals surface area contributed by atoms with Crippen LogP contribution in [0.1, 0.15) is 40.9 Å². The standard InChI is InChI=1S/C19H23N3O2/c1-14-12-15(9-10-20-14)5-7-17-4-3-11-22(17)19(24)16-6-8-18(23)21(2)13-16/h6,8-10,12-13,17H,3-5,7,11H2,1-2H3/t17-/m0/s1. The summed E-state index contributed by atoms with van der Waals surface area (Å²) in [4.78, 5) is 30.5. The minimum atomic E-state index is -0.0995. The van der Waals surface area contributed by atoms with Crippen molar-refractivity contribution in [3.05, 3.63) is 63.8 Å². The minimum Gasteiger partial charge on any atom is -0.336 e. The molecule has 3 heterocycles. The number of carbonyl (C=O) groups excluding carboxylic acids is 1. The topological polar surface area (TPSA) is 55.2 Å². The Morgan fingerprint density at radius 2 is 2.17 bits per heavy atom. The van der Waals surface area contributed by atoms with Crippen LogP contribution in [0.2, 0.25) is 0 Å². The van der Waals surface area contributed by atoms with Gasteiger partial charge < -0.3 is 9.47 Å². The van der Waals surface area contributed by atoms with Crippen molar-refractivity contribution in [2.24, 2.45) is 7.05 Å². The van der Waals surface area contributed by atoms with Crippen LogP contribution in [0.4, 0.5) is 0 Å². The average molecular weight is 325 g/mol. The number of hydrogen-bond donors (Lipinski definition) is 0. The molecule has 1 amide bonds. The highest BCUT2D eigenvalue weighted by Gasteiger charge is 2.29. The van der Waals surface area contributed by atoms with Gasteiger partial charge in [-0.3, -0.25) is 14.6 Å². The second-order valence-electron chi connectivity index (χ2n) is 6.51. The summed E-state index contributed by atoms with van der Waals surface area (Å²) in [6.45, 7) is 2.79. The molecular weight excluding hydrogens is 302 g/mol. The van der Waals surface area contributed by atoms with Gasteiger partial charge in [-0.25, -0.2) is 0 Å². The van der Waals surface area contributed by atoms with E-state index in [0.29, 0.717) is 5.56 Å². The number of likely N-dealkylation sites (tertiary alicyclic amines) is 1. The molecule has 0 bridgehead atoms. The summed E-state index contributed by atoms with van der Waals surface area (Å²) < 4.78 is 1.46. The van der Waals surface area contributed by atoms with E-state index in [0.717, 1.165) is 37.9 Å². The van der Waals surface area contributed by atoms with Crippen molar-refractivity contribution in [2.75, 3.05) is 6.54 Å². The predicted octanol–water partition coefficient (Wildman–Crippen LogP) is 2.33. The fourth-order valence-electron chi connectivity index (χ4n) is 3.38. The van der Waals surface area contributed by atoms with Crippen LogP contribution >= 0.6 is 0 Å². The zero-order valence-electron chi connectivity index (χ0n) is 14.2.